The first-order valence-corrected chi connectivity index (χ1v) is 2.64. The van der Waals surface area contributed by atoms with Gasteiger partial charge in [0, 0.05) is 0 Å². The summed E-state index contributed by atoms with van der Waals surface area (Å²) in [6.45, 7) is 0. The van der Waals surface area contributed by atoms with E-state index < -0.39 is 23.5 Å². The molecule has 0 radical (unpaired) electrons. The molecule has 0 unspecified atom stereocenters. The fourth-order valence-corrected chi connectivity index (χ4v) is 0.575. The molecule has 0 aliphatic carbocycles. The summed E-state index contributed by atoms with van der Waals surface area (Å²) in [5.41, 5.74) is -2.57. The lowest BCUT2D eigenvalue weighted by Gasteiger charge is -2.00. The first-order chi connectivity index (χ1) is 5.43. The van der Waals surface area contributed by atoms with Crippen LogP contribution in [-0.2, 0) is 6.18 Å². The van der Waals surface area contributed by atoms with E-state index in [1.165, 1.54) is 0 Å². The first-order valence-electron chi connectivity index (χ1n) is 2.64. The van der Waals surface area contributed by atoms with Gasteiger partial charge in [0.1, 0.15) is 0 Å². The number of aromatic carboxylic acids is 1. The Balaban J connectivity index is 3.17. The molecule has 5 nitrogen and oxygen atoms in total. The molecule has 12 heavy (non-hydrogen) atoms. The molecule has 0 saturated heterocycles. The third kappa shape index (κ3) is 1.36. The van der Waals surface area contributed by atoms with Gasteiger partial charge in [0.2, 0.25) is 5.69 Å². The lowest BCUT2D eigenvalue weighted by Crippen LogP contribution is -2.12. The maximum Gasteiger partial charge on any atom is 0.437 e. The van der Waals surface area contributed by atoms with Crippen molar-refractivity contribution < 1.29 is 23.1 Å². The van der Waals surface area contributed by atoms with Gasteiger partial charge in [0.15, 0.2) is 5.69 Å². The molecule has 1 aromatic rings. The molecule has 0 bridgehead atoms. The molecule has 0 aliphatic rings. The number of H-pyrrole nitrogens is 1. The molecule has 0 amide bonds. The number of aromatic amines is 1. The van der Waals surface area contributed by atoms with Crippen molar-refractivity contribution >= 4 is 5.97 Å². The zero-order valence-electron chi connectivity index (χ0n) is 5.38. The summed E-state index contributed by atoms with van der Waals surface area (Å²) in [7, 11) is 0. The number of hydrogen-bond acceptors (Lipinski definition) is 3. The highest BCUT2D eigenvalue weighted by atomic mass is 19.4. The summed E-state index contributed by atoms with van der Waals surface area (Å²) in [6.07, 6.45) is -4.79. The van der Waals surface area contributed by atoms with E-state index in [1.54, 1.807) is 5.10 Å². The predicted octanol–water partition coefficient (Wildman–Crippen LogP) is 0.522. The van der Waals surface area contributed by atoms with E-state index in [4.69, 9.17) is 5.11 Å². The Bertz CT molecular complexity index is 305. The zero-order valence-corrected chi connectivity index (χ0v) is 5.38. The minimum atomic E-state index is -4.79. The summed E-state index contributed by atoms with van der Waals surface area (Å²) in [5.74, 6) is -1.74. The van der Waals surface area contributed by atoms with E-state index in [0.29, 0.717) is 0 Å². The van der Waals surface area contributed by atoms with Gasteiger partial charge in [-0.25, -0.2) is 4.79 Å². The summed E-state index contributed by atoms with van der Waals surface area (Å²) in [6, 6.07) is 0. The molecule has 0 spiro atoms. The number of alkyl halides is 3. The van der Waals surface area contributed by atoms with Gasteiger partial charge in [0.25, 0.3) is 0 Å². The maximum absolute atomic E-state index is 11.9. The molecule has 1 rings (SSSR count). The van der Waals surface area contributed by atoms with E-state index in [2.05, 4.69) is 10.3 Å². The summed E-state index contributed by atoms with van der Waals surface area (Å²) < 4.78 is 35.6. The molecule has 0 aromatic carbocycles. The van der Waals surface area contributed by atoms with Gasteiger partial charge in [-0.15, -0.1) is 5.10 Å². The fraction of sp³-hybridized carbons (Fsp3) is 0.250. The SMILES string of the molecule is O=C(O)c1[nH]nnc1C(F)(F)F. The maximum atomic E-state index is 11.9. The van der Waals surface area contributed by atoms with Crippen LogP contribution in [0.2, 0.25) is 0 Å². The van der Waals surface area contributed by atoms with Crippen molar-refractivity contribution in [1.29, 1.82) is 0 Å². The van der Waals surface area contributed by atoms with Gasteiger partial charge in [-0.05, 0) is 0 Å². The number of carbonyl (C=O) groups is 1. The molecule has 0 saturated carbocycles. The number of nitrogens with zero attached hydrogens (tertiary/aromatic N) is 2. The molecule has 1 heterocycles. The monoisotopic (exact) mass is 181 g/mol. The number of hydrogen-bond donors (Lipinski definition) is 2. The minimum absolute atomic E-state index is 1.05. The molecular weight excluding hydrogens is 179 g/mol. The summed E-state index contributed by atoms with van der Waals surface area (Å²) >= 11 is 0. The van der Waals surface area contributed by atoms with E-state index in [0.717, 1.165) is 0 Å². The summed E-state index contributed by atoms with van der Waals surface area (Å²) in [4.78, 5) is 10.1. The highest BCUT2D eigenvalue weighted by Gasteiger charge is 2.39. The van der Waals surface area contributed by atoms with Crippen LogP contribution in [-0.4, -0.2) is 26.5 Å². The summed E-state index contributed by atoms with van der Waals surface area (Å²) in [5, 5.41) is 15.2. The van der Waals surface area contributed by atoms with Crippen molar-refractivity contribution in [2.24, 2.45) is 0 Å². The van der Waals surface area contributed by atoms with Crippen molar-refractivity contribution in [2.75, 3.05) is 0 Å². The van der Waals surface area contributed by atoms with Gasteiger partial charge in [0.05, 0.1) is 0 Å². The van der Waals surface area contributed by atoms with Gasteiger partial charge < -0.3 is 5.11 Å². The lowest BCUT2D eigenvalue weighted by atomic mass is 10.3. The van der Waals surface area contributed by atoms with Crippen molar-refractivity contribution in [3.05, 3.63) is 11.4 Å². The van der Waals surface area contributed by atoms with Crippen molar-refractivity contribution in [3.63, 3.8) is 0 Å². The quantitative estimate of drug-likeness (QED) is 0.661. The molecule has 8 heteroatoms. The highest BCUT2D eigenvalue weighted by molar-refractivity contribution is 5.86. The third-order valence-electron chi connectivity index (χ3n) is 1.03. The average Bonchev–Trinajstić information content (AvgIpc) is 2.30. The Morgan fingerprint density at radius 3 is 2.42 bits per heavy atom. The van der Waals surface area contributed by atoms with Crippen molar-refractivity contribution in [1.82, 2.24) is 15.4 Å². The highest BCUT2D eigenvalue weighted by Crippen LogP contribution is 2.28. The number of halogens is 3. The molecule has 0 aliphatic heterocycles. The van der Waals surface area contributed by atoms with Crippen molar-refractivity contribution in [3.8, 4) is 0 Å². The van der Waals surface area contributed by atoms with E-state index >= 15 is 0 Å². The van der Waals surface area contributed by atoms with Crippen LogP contribution in [0.3, 0.4) is 0 Å². The minimum Gasteiger partial charge on any atom is -0.476 e. The standard InChI is InChI=1S/C4H2F3N3O2/c5-4(6,7)2-1(3(11)12)8-10-9-2/h(H,11,12)(H,8,9,10). The van der Waals surface area contributed by atoms with Gasteiger partial charge in [-0.3, -0.25) is 5.10 Å². The normalized spacial score (nSPS) is 11.6. The number of rotatable bonds is 1. The second kappa shape index (κ2) is 2.47. The Hall–Kier alpha value is -1.60. The molecule has 0 atom stereocenters. The third-order valence-corrected chi connectivity index (χ3v) is 1.03. The largest absolute Gasteiger partial charge is 0.476 e. The lowest BCUT2D eigenvalue weighted by molar-refractivity contribution is -0.141. The van der Waals surface area contributed by atoms with Crippen LogP contribution in [0.4, 0.5) is 13.2 Å². The Morgan fingerprint density at radius 1 is 1.50 bits per heavy atom. The van der Waals surface area contributed by atoms with Crippen LogP contribution >= 0.6 is 0 Å². The topological polar surface area (TPSA) is 78.9 Å². The molecule has 2 N–H and O–H groups in total. The van der Waals surface area contributed by atoms with Gasteiger partial charge >= 0.3 is 12.1 Å². The Kier molecular flexibility index (Phi) is 1.75. The second-order valence-corrected chi connectivity index (χ2v) is 1.84. The number of nitrogens with one attached hydrogen (secondary N) is 1. The molecule has 66 valence electrons. The zero-order chi connectivity index (χ0) is 9.35. The van der Waals surface area contributed by atoms with Crippen LogP contribution in [0.25, 0.3) is 0 Å². The Morgan fingerprint density at radius 2 is 2.08 bits per heavy atom. The first kappa shape index (κ1) is 8.50. The molecule has 1 aromatic heterocycles. The molecular formula is C4H2F3N3O2. The van der Waals surface area contributed by atoms with E-state index in [1.807, 2.05) is 0 Å². The fourth-order valence-electron chi connectivity index (χ4n) is 0.575. The number of carboxylic acids is 1. The van der Waals surface area contributed by atoms with Crippen LogP contribution in [0, 0.1) is 0 Å². The smallest absolute Gasteiger partial charge is 0.437 e. The van der Waals surface area contributed by atoms with Crippen molar-refractivity contribution in [2.45, 2.75) is 6.18 Å². The second-order valence-electron chi connectivity index (χ2n) is 1.84. The van der Waals surface area contributed by atoms with E-state index in [-0.39, 0.29) is 0 Å². The van der Waals surface area contributed by atoms with E-state index in [9.17, 15) is 18.0 Å². The number of carboxylic acid groups (broad SMARTS) is 1. The van der Waals surface area contributed by atoms with Crippen LogP contribution in [0.5, 0.6) is 0 Å². The predicted molar refractivity (Wildman–Crippen MR) is 28.3 cm³/mol. The average molecular weight is 181 g/mol. The van der Waals surface area contributed by atoms with Gasteiger partial charge in [-0.2, -0.15) is 13.2 Å². The van der Waals surface area contributed by atoms with Crippen LogP contribution in [0.1, 0.15) is 16.2 Å². The number of aromatic nitrogens is 3. The van der Waals surface area contributed by atoms with Gasteiger partial charge in [-0.1, -0.05) is 5.21 Å². The van der Waals surface area contributed by atoms with Crippen LogP contribution < -0.4 is 0 Å². The Labute approximate surface area is 63.2 Å². The molecule has 0 fully saturated rings. The van der Waals surface area contributed by atoms with Crippen LogP contribution in [0.15, 0.2) is 0 Å².